The Morgan fingerprint density at radius 2 is 1.56 bits per heavy atom. The minimum Gasteiger partial charge on any atom is -0.484 e. The molecule has 0 radical (unpaired) electrons. The van der Waals surface area contributed by atoms with Gasteiger partial charge in [0.2, 0.25) is 5.89 Å². The van der Waals surface area contributed by atoms with Gasteiger partial charge in [-0.3, -0.25) is 4.79 Å². The number of carbonyl (C=O) groups is 1. The van der Waals surface area contributed by atoms with Crippen LogP contribution in [0.3, 0.4) is 0 Å². The fourth-order valence-corrected chi connectivity index (χ4v) is 3.78. The summed E-state index contributed by atoms with van der Waals surface area (Å²) < 4.78 is 11.6. The Morgan fingerprint density at radius 3 is 2.24 bits per heavy atom. The van der Waals surface area contributed by atoms with Gasteiger partial charge in [0.15, 0.2) is 12.2 Å². The number of nitrogens with one attached hydrogen (secondary N) is 1. The maximum absolute atomic E-state index is 12.3. The van der Waals surface area contributed by atoms with Crippen molar-refractivity contribution in [3.05, 3.63) is 77.9 Å². The summed E-state index contributed by atoms with van der Waals surface area (Å²) in [5.74, 6) is 2.04. The van der Waals surface area contributed by atoms with Crippen molar-refractivity contribution in [2.45, 2.75) is 52.4 Å². The molecule has 1 aromatic heterocycles. The van der Waals surface area contributed by atoms with E-state index in [0.717, 1.165) is 29.5 Å². The van der Waals surface area contributed by atoms with Crippen molar-refractivity contribution in [2.75, 3.05) is 11.9 Å². The van der Waals surface area contributed by atoms with Crippen LogP contribution in [0.2, 0.25) is 0 Å². The number of fused-ring (bicyclic) bond motifs is 1. The van der Waals surface area contributed by atoms with Crippen LogP contribution in [0, 0.1) is 0 Å². The van der Waals surface area contributed by atoms with Gasteiger partial charge in [0.25, 0.3) is 5.91 Å². The molecular formula is C29H32N2O3. The maximum Gasteiger partial charge on any atom is 0.262 e. The van der Waals surface area contributed by atoms with Crippen molar-refractivity contribution in [1.82, 2.24) is 4.98 Å². The molecule has 0 saturated carbocycles. The molecule has 1 N–H and O–H groups in total. The van der Waals surface area contributed by atoms with Gasteiger partial charge in [0.05, 0.1) is 0 Å². The number of ether oxygens (including phenoxy) is 1. The highest BCUT2D eigenvalue weighted by Gasteiger charge is 2.12. The Labute approximate surface area is 201 Å². The first-order valence-corrected chi connectivity index (χ1v) is 12.0. The highest BCUT2D eigenvalue weighted by molar-refractivity contribution is 5.92. The molecule has 1 heterocycles. The number of rotatable bonds is 9. The molecule has 0 fully saturated rings. The van der Waals surface area contributed by atoms with Crippen molar-refractivity contribution >= 4 is 22.7 Å². The number of amides is 1. The van der Waals surface area contributed by atoms with Gasteiger partial charge in [-0.2, -0.15) is 0 Å². The molecular weight excluding hydrogens is 424 g/mol. The van der Waals surface area contributed by atoms with E-state index in [0.29, 0.717) is 29.2 Å². The number of nitrogens with zero attached hydrogens (tertiary/aromatic N) is 1. The first kappa shape index (κ1) is 23.6. The SMILES string of the molecule is CC[C@@H](C)c1ccc2oc(-c3ccc(NC(=O)COc4ccc([C@@H](C)CC)cc4)cc3)nc2c1. The monoisotopic (exact) mass is 456 g/mol. The van der Waals surface area contributed by atoms with Crippen molar-refractivity contribution in [2.24, 2.45) is 0 Å². The van der Waals surface area contributed by atoms with E-state index in [9.17, 15) is 4.79 Å². The fourth-order valence-electron chi connectivity index (χ4n) is 3.78. The lowest BCUT2D eigenvalue weighted by molar-refractivity contribution is -0.118. The highest BCUT2D eigenvalue weighted by atomic mass is 16.5. The molecule has 0 unspecified atom stereocenters. The Balaban J connectivity index is 1.35. The number of hydrogen-bond acceptors (Lipinski definition) is 4. The van der Waals surface area contributed by atoms with Crippen LogP contribution in [-0.2, 0) is 4.79 Å². The number of benzene rings is 3. The number of aromatic nitrogens is 1. The first-order valence-electron chi connectivity index (χ1n) is 12.0. The van der Waals surface area contributed by atoms with E-state index in [1.165, 1.54) is 11.1 Å². The second-order valence-corrected chi connectivity index (χ2v) is 8.85. The van der Waals surface area contributed by atoms with Gasteiger partial charge in [-0.25, -0.2) is 4.98 Å². The summed E-state index contributed by atoms with van der Waals surface area (Å²) in [4.78, 5) is 17.0. The topological polar surface area (TPSA) is 64.4 Å². The summed E-state index contributed by atoms with van der Waals surface area (Å²) >= 11 is 0. The summed E-state index contributed by atoms with van der Waals surface area (Å²) in [5, 5.41) is 2.87. The van der Waals surface area contributed by atoms with Crippen molar-refractivity contribution in [3.8, 4) is 17.2 Å². The van der Waals surface area contributed by atoms with E-state index in [1.54, 1.807) is 0 Å². The lowest BCUT2D eigenvalue weighted by atomic mass is 9.98. The van der Waals surface area contributed by atoms with E-state index in [2.05, 4.69) is 62.3 Å². The Morgan fingerprint density at radius 1 is 0.912 bits per heavy atom. The Bertz CT molecular complexity index is 1240. The third-order valence-corrected chi connectivity index (χ3v) is 6.44. The number of hydrogen-bond donors (Lipinski definition) is 1. The zero-order valence-electron chi connectivity index (χ0n) is 20.3. The first-order chi connectivity index (χ1) is 16.5. The average molecular weight is 457 g/mol. The number of oxazole rings is 1. The molecule has 5 nitrogen and oxygen atoms in total. The van der Waals surface area contributed by atoms with Gasteiger partial charge < -0.3 is 14.5 Å². The lowest BCUT2D eigenvalue weighted by Crippen LogP contribution is -2.20. The normalized spacial score (nSPS) is 12.9. The van der Waals surface area contributed by atoms with E-state index in [-0.39, 0.29) is 12.5 Å². The molecule has 4 aromatic rings. The van der Waals surface area contributed by atoms with Gasteiger partial charge in [0, 0.05) is 11.3 Å². The minimum atomic E-state index is -0.210. The third-order valence-electron chi connectivity index (χ3n) is 6.44. The summed E-state index contributed by atoms with van der Waals surface area (Å²) in [6.07, 6.45) is 2.17. The van der Waals surface area contributed by atoms with Crippen LogP contribution in [0.5, 0.6) is 5.75 Å². The Kier molecular flexibility index (Phi) is 7.31. The fraction of sp³-hybridized carbons (Fsp3) is 0.310. The van der Waals surface area contributed by atoms with Gasteiger partial charge >= 0.3 is 0 Å². The van der Waals surface area contributed by atoms with Gasteiger partial charge in [-0.05, 0) is 84.3 Å². The molecule has 5 heteroatoms. The molecule has 176 valence electrons. The van der Waals surface area contributed by atoms with Gasteiger partial charge in [-0.1, -0.05) is 45.9 Å². The molecule has 0 saturated heterocycles. The second kappa shape index (κ2) is 10.6. The van der Waals surface area contributed by atoms with Crippen molar-refractivity contribution < 1.29 is 13.9 Å². The molecule has 0 aliphatic rings. The van der Waals surface area contributed by atoms with Crippen LogP contribution in [0.4, 0.5) is 5.69 Å². The molecule has 0 aliphatic carbocycles. The molecule has 0 spiro atoms. The highest BCUT2D eigenvalue weighted by Crippen LogP contribution is 2.28. The molecule has 2 atom stereocenters. The van der Waals surface area contributed by atoms with Crippen LogP contribution in [-0.4, -0.2) is 17.5 Å². The Hall–Kier alpha value is -3.60. The largest absolute Gasteiger partial charge is 0.484 e. The maximum atomic E-state index is 12.3. The average Bonchev–Trinajstić information content (AvgIpc) is 3.30. The number of anilines is 1. The standard InChI is InChI=1S/C29H32N2O3/c1-5-19(3)21-9-14-25(15-10-21)33-18-28(32)30-24-12-7-22(8-13-24)29-31-26-17-23(20(4)6-2)11-16-27(26)34-29/h7-17,19-20H,5-6,18H2,1-4H3,(H,30,32)/t19-,20+/m0/s1. The van der Waals surface area contributed by atoms with Crippen molar-refractivity contribution in [3.63, 3.8) is 0 Å². The summed E-state index contributed by atoms with van der Waals surface area (Å²) in [6, 6.07) is 21.6. The van der Waals surface area contributed by atoms with E-state index >= 15 is 0 Å². The molecule has 3 aromatic carbocycles. The predicted molar refractivity (Wildman–Crippen MR) is 137 cm³/mol. The van der Waals surface area contributed by atoms with Gasteiger partial charge in [0.1, 0.15) is 11.3 Å². The minimum absolute atomic E-state index is 0.0475. The van der Waals surface area contributed by atoms with E-state index in [1.807, 2.05) is 42.5 Å². The van der Waals surface area contributed by atoms with Crippen LogP contribution < -0.4 is 10.1 Å². The third kappa shape index (κ3) is 5.48. The van der Waals surface area contributed by atoms with Crippen LogP contribution in [0.25, 0.3) is 22.6 Å². The molecule has 34 heavy (non-hydrogen) atoms. The van der Waals surface area contributed by atoms with Crippen LogP contribution >= 0.6 is 0 Å². The quantitative estimate of drug-likeness (QED) is 0.282. The molecule has 1 amide bonds. The van der Waals surface area contributed by atoms with Crippen LogP contribution in [0.15, 0.2) is 71.1 Å². The van der Waals surface area contributed by atoms with Gasteiger partial charge in [-0.15, -0.1) is 0 Å². The molecule has 4 rings (SSSR count). The zero-order valence-corrected chi connectivity index (χ0v) is 20.3. The number of carbonyl (C=O) groups excluding carboxylic acids is 1. The second-order valence-electron chi connectivity index (χ2n) is 8.85. The summed E-state index contributed by atoms with van der Waals surface area (Å²) in [6.45, 7) is 8.71. The predicted octanol–water partition coefficient (Wildman–Crippen LogP) is 7.54. The molecule has 0 bridgehead atoms. The lowest BCUT2D eigenvalue weighted by Gasteiger charge is -2.11. The smallest absolute Gasteiger partial charge is 0.262 e. The summed E-state index contributed by atoms with van der Waals surface area (Å²) in [7, 11) is 0. The van der Waals surface area contributed by atoms with E-state index < -0.39 is 0 Å². The summed E-state index contributed by atoms with van der Waals surface area (Å²) in [5.41, 5.74) is 5.72. The van der Waals surface area contributed by atoms with Crippen molar-refractivity contribution in [1.29, 1.82) is 0 Å². The van der Waals surface area contributed by atoms with E-state index in [4.69, 9.17) is 9.15 Å². The zero-order chi connectivity index (χ0) is 24.1. The molecule has 0 aliphatic heterocycles. The van der Waals surface area contributed by atoms with Crippen LogP contribution in [0.1, 0.15) is 63.5 Å².